The van der Waals surface area contributed by atoms with Crippen LogP contribution in [-0.2, 0) is 6.54 Å². The molecule has 2 aromatic heterocycles. The van der Waals surface area contributed by atoms with Gasteiger partial charge in [-0.25, -0.2) is 0 Å². The van der Waals surface area contributed by atoms with Crippen molar-refractivity contribution in [1.82, 2.24) is 25.4 Å². The summed E-state index contributed by atoms with van der Waals surface area (Å²) < 4.78 is 0. The van der Waals surface area contributed by atoms with Gasteiger partial charge in [-0.15, -0.1) is 0 Å². The number of pyridine rings is 1. The van der Waals surface area contributed by atoms with E-state index >= 15 is 0 Å². The zero-order valence-electron chi connectivity index (χ0n) is 13.6. The number of amides is 1. The second kappa shape index (κ2) is 6.62. The Morgan fingerprint density at radius 3 is 2.96 bits per heavy atom. The highest BCUT2D eigenvalue weighted by Crippen LogP contribution is 2.17. The number of β-amino-alcohol motifs (C(OH)–C–C–N with tert-alkyl or cyclic N) is 1. The third-order valence-electron chi connectivity index (χ3n) is 4.47. The standard InChI is InChI=1S/C18H19N5O2/c24-17-11-23(10-16(17)21-18(25)15-7-8-19-22-15)9-13-6-5-12-3-1-2-4-14(12)20-13/h1-8,16-17,24H,9-11H2,(H,19,22)(H,21,25)/t16-,17-/m1/s1. The van der Waals surface area contributed by atoms with E-state index in [1.54, 1.807) is 6.07 Å². The Bertz CT molecular complexity index is 880. The van der Waals surface area contributed by atoms with Crippen LogP contribution >= 0.6 is 0 Å². The SMILES string of the molecule is O=C(N[C@@H]1CN(Cc2ccc3ccccc3n2)C[C@H]1O)c1ccn[nH]1. The van der Waals surface area contributed by atoms with Gasteiger partial charge in [0.15, 0.2) is 0 Å². The van der Waals surface area contributed by atoms with Crippen molar-refractivity contribution in [3.05, 3.63) is 60.0 Å². The Morgan fingerprint density at radius 1 is 1.24 bits per heavy atom. The fourth-order valence-corrected chi connectivity index (χ4v) is 3.19. The van der Waals surface area contributed by atoms with E-state index in [1.807, 2.05) is 30.3 Å². The molecule has 1 aliphatic rings. The second-order valence-corrected chi connectivity index (χ2v) is 6.31. The molecule has 128 valence electrons. The molecule has 0 spiro atoms. The molecule has 3 heterocycles. The van der Waals surface area contributed by atoms with Crippen LogP contribution in [0.3, 0.4) is 0 Å². The van der Waals surface area contributed by atoms with Crippen molar-refractivity contribution in [2.24, 2.45) is 0 Å². The van der Waals surface area contributed by atoms with Crippen LogP contribution < -0.4 is 5.32 Å². The maximum Gasteiger partial charge on any atom is 0.269 e. The van der Waals surface area contributed by atoms with Crippen LogP contribution in [0.5, 0.6) is 0 Å². The summed E-state index contributed by atoms with van der Waals surface area (Å²) in [5.41, 5.74) is 2.30. The number of rotatable bonds is 4. The number of benzene rings is 1. The first-order chi connectivity index (χ1) is 12.2. The van der Waals surface area contributed by atoms with Crippen molar-refractivity contribution < 1.29 is 9.90 Å². The Kier molecular flexibility index (Phi) is 4.17. The number of fused-ring (bicyclic) bond motifs is 1. The molecule has 3 aromatic rings. The maximum absolute atomic E-state index is 12.1. The number of likely N-dealkylation sites (tertiary alicyclic amines) is 1. The molecule has 1 amide bonds. The van der Waals surface area contributed by atoms with E-state index in [0.717, 1.165) is 16.6 Å². The minimum atomic E-state index is -0.604. The molecule has 0 radical (unpaired) electrons. The third kappa shape index (κ3) is 3.38. The zero-order chi connectivity index (χ0) is 17.2. The van der Waals surface area contributed by atoms with Gasteiger partial charge in [0.1, 0.15) is 5.69 Å². The van der Waals surface area contributed by atoms with Gasteiger partial charge in [-0.2, -0.15) is 5.10 Å². The molecule has 25 heavy (non-hydrogen) atoms. The van der Waals surface area contributed by atoms with Gasteiger partial charge >= 0.3 is 0 Å². The number of nitrogens with zero attached hydrogens (tertiary/aromatic N) is 3. The minimum absolute atomic E-state index is 0.257. The Hall–Kier alpha value is -2.77. The smallest absolute Gasteiger partial charge is 0.269 e. The molecule has 1 fully saturated rings. The van der Waals surface area contributed by atoms with Crippen molar-refractivity contribution in [3.8, 4) is 0 Å². The van der Waals surface area contributed by atoms with E-state index < -0.39 is 6.10 Å². The highest BCUT2D eigenvalue weighted by atomic mass is 16.3. The topological polar surface area (TPSA) is 94.1 Å². The molecule has 0 bridgehead atoms. The number of para-hydroxylation sites is 1. The van der Waals surface area contributed by atoms with Gasteiger partial charge in [0.25, 0.3) is 5.91 Å². The monoisotopic (exact) mass is 337 g/mol. The van der Waals surface area contributed by atoms with Crippen LogP contribution in [-0.4, -0.2) is 56.3 Å². The molecular weight excluding hydrogens is 318 g/mol. The van der Waals surface area contributed by atoms with E-state index in [4.69, 9.17) is 0 Å². The molecule has 2 atom stereocenters. The summed E-state index contributed by atoms with van der Waals surface area (Å²) in [5, 5.41) is 20.6. The number of aliphatic hydroxyl groups is 1. The van der Waals surface area contributed by atoms with Crippen LogP contribution in [0.25, 0.3) is 10.9 Å². The molecule has 7 heteroatoms. The van der Waals surface area contributed by atoms with Crippen molar-refractivity contribution >= 4 is 16.8 Å². The number of aliphatic hydroxyl groups excluding tert-OH is 1. The summed E-state index contributed by atoms with van der Waals surface area (Å²) in [6.07, 6.45) is 0.921. The predicted molar refractivity (Wildman–Crippen MR) is 92.9 cm³/mol. The number of hydrogen-bond donors (Lipinski definition) is 3. The lowest BCUT2D eigenvalue weighted by Crippen LogP contribution is -2.43. The molecular formula is C18H19N5O2. The third-order valence-corrected chi connectivity index (χ3v) is 4.47. The lowest BCUT2D eigenvalue weighted by atomic mass is 10.2. The van der Waals surface area contributed by atoms with Gasteiger partial charge in [-0.3, -0.25) is 19.8 Å². The Labute approximate surface area is 144 Å². The summed E-state index contributed by atoms with van der Waals surface area (Å²) in [6.45, 7) is 1.72. The molecule has 3 N–H and O–H groups in total. The van der Waals surface area contributed by atoms with Crippen molar-refractivity contribution in [2.75, 3.05) is 13.1 Å². The lowest BCUT2D eigenvalue weighted by Gasteiger charge is -2.16. The fourth-order valence-electron chi connectivity index (χ4n) is 3.19. The summed E-state index contributed by atoms with van der Waals surface area (Å²) >= 11 is 0. The quantitative estimate of drug-likeness (QED) is 0.658. The summed E-state index contributed by atoms with van der Waals surface area (Å²) in [4.78, 5) is 18.9. The van der Waals surface area contributed by atoms with Crippen molar-refractivity contribution in [2.45, 2.75) is 18.7 Å². The number of hydrogen-bond acceptors (Lipinski definition) is 5. The molecule has 1 aromatic carbocycles. The summed E-state index contributed by atoms with van der Waals surface area (Å²) in [5.74, 6) is -0.257. The van der Waals surface area contributed by atoms with Gasteiger partial charge in [0.2, 0.25) is 0 Å². The normalized spacial score (nSPS) is 20.8. The van der Waals surface area contributed by atoms with Gasteiger partial charge < -0.3 is 10.4 Å². The lowest BCUT2D eigenvalue weighted by molar-refractivity contribution is 0.0883. The van der Waals surface area contributed by atoms with Gasteiger partial charge in [0.05, 0.1) is 23.4 Å². The second-order valence-electron chi connectivity index (χ2n) is 6.31. The Balaban J connectivity index is 1.41. The molecule has 0 saturated carbocycles. The van der Waals surface area contributed by atoms with Crippen LogP contribution in [0, 0.1) is 0 Å². The van der Waals surface area contributed by atoms with E-state index in [0.29, 0.717) is 25.3 Å². The molecule has 7 nitrogen and oxygen atoms in total. The number of nitrogens with one attached hydrogen (secondary N) is 2. The van der Waals surface area contributed by atoms with Crippen molar-refractivity contribution in [3.63, 3.8) is 0 Å². The molecule has 0 aliphatic carbocycles. The zero-order valence-corrected chi connectivity index (χ0v) is 13.6. The molecule has 1 saturated heterocycles. The van der Waals surface area contributed by atoms with E-state index in [1.165, 1.54) is 6.20 Å². The van der Waals surface area contributed by atoms with Crippen molar-refractivity contribution in [1.29, 1.82) is 0 Å². The fraction of sp³-hybridized carbons (Fsp3) is 0.278. The summed E-state index contributed by atoms with van der Waals surface area (Å²) in [7, 11) is 0. The Morgan fingerprint density at radius 2 is 2.12 bits per heavy atom. The largest absolute Gasteiger partial charge is 0.390 e. The predicted octanol–water partition coefficient (Wildman–Crippen LogP) is 0.933. The minimum Gasteiger partial charge on any atom is -0.390 e. The van der Waals surface area contributed by atoms with E-state index in [2.05, 4.69) is 31.5 Å². The van der Waals surface area contributed by atoms with Gasteiger partial charge in [-0.05, 0) is 18.2 Å². The maximum atomic E-state index is 12.1. The molecule has 1 aliphatic heterocycles. The highest BCUT2D eigenvalue weighted by Gasteiger charge is 2.32. The van der Waals surface area contributed by atoms with Crippen LogP contribution in [0.15, 0.2) is 48.7 Å². The summed E-state index contributed by atoms with van der Waals surface area (Å²) in [6, 6.07) is 13.3. The number of carbonyl (C=O) groups is 1. The van der Waals surface area contributed by atoms with Crippen LogP contribution in [0.4, 0.5) is 0 Å². The first-order valence-electron chi connectivity index (χ1n) is 8.24. The first kappa shape index (κ1) is 15.7. The number of aromatic nitrogens is 3. The van der Waals surface area contributed by atoms with Crippen LogP contribution in [0.2, 0.25) is 0 Å². The average molecular weight is 337 g/mol. The van der Waals surface area contributed by atoms with Gasteiger partial charge in [-0.1, -0.05) is 24.3 Å². The highest BCUT2D eigenvalue weighted by molar-refractivity contribution is 5.92. The average Bonchev–Trinajstić information content (AvgIpc) is 3.25. The van der Waals surface area contributed by atoms with Crippen LogP contribution in [0.1, 0.15) is 16.2 Å². The van der Waals surface area contributed by atoms with Gasteiger partial charge in [0, 0.05) is 31.2 Å². The first-order valence-corrected chi connectivity index (χ1v) is 8.24. The van der Waals surface area contributed by atoms with E-state index in [-0.39, 0.29) is 11.9 Å². The van der Waals surface area contributed by atoms with E-state index in [9.17, 15) is 9.90 Å². The number of H-pyrrole nitrogens is 1. The number of carbonyl (C=O) groups excluding carboxylic acids is 1. The number of aromatic amines is 1. The molecule has 0 unspecified atom stereocenters. The molecule has 4 rings (SSSR count).